The molecule has 0 radical (unpaired) electrons. The lowest BCUT2D eigenvalue weighted by Crippen LogP contribution is -2.46. The molecule has 0 heterocycles. The Morgan fingerprint density at radius 1 is 1.35 bits per heavy atom. The van der Waals surface area contributed by atoms with Gasteiger partial charge in [-0.05, 0) is 51.6 Å². The average Bonchev–Trinajstić information content (AvgIpc) is 2.29. The second kappa shape index (κ2) is 6.34. The topological polar surface area (TPSA) is 24.1 Å². The predicted octanol–water partition coefficient (Wildman–Crippen LogP) is 2.61. The molecule has 0 amide bonds. The summed E-state index contributed by atoms with van der Waals surface area (Å²) in [6.45, 7) is 6.01. The van der Waals surface area contributed by atoms with Gasteiger partial charge in [0.05, 0.1) is 5.02 Å². The van der Waals surface area contributed by atoms with Crippen LogP contribution in [0.5, 0.6) is 0 Å². The van der Waals surface area contributed by atoms with Gasteiger partial charge < -0.3 is 10.6 Å². The summed E-state index contributed by atoms with van der Waals surface area (Å²) in [5, 5.41) is 6.78. The fraction of sp³-hybridized carbons (Fsp3) is 0.538. The summed E-state index contributed by atoms with van der Waals surface area (Å²) in [5.74, 6) is -0.361. The van der Waals surface area contributed by atoms with Crippen LogP contribution in [0.4, 0.5) is 4.39 Å². The lowest BCUT2D eigenvalue weighted by Gasteiger charge is -2.24. The van der Waals surface area contributed by atoms with Crippen LogP contribution in [0.15, 0.2) is 18.2 Å². The van der Waals surface area contributed by atoms with E-state index >= 15 is 0 Å². The number of hydrogen-bond donors (Lipinski definition) is 2. The van der Waals surface area contributed by atoms with E-state index in [2.05, 4.69) is 24.5 Å². The smallest absolute Gasteiger partial charge is 0.141 e. The van der Waals surface area contributed by atoms with Gasteiger partial charge in [0.2, 0.25) is 0 Å². The molecule has 0 bridgehead atoms. The molecule has 0 aliphatic rings. The molecule has 0 saturated heterocycles. The van der Waals surface area contributed by atoms with Crippen LogP contribution in [0.3, 0.4) is 0 Å². The van der Waals surface area contributed by atoms with Crippen molar-refractivity contribution in [1.82, 2.24) is 10.6 Å². The Morgan fingerprint density at radius 3 is 2.65 bits per heavy atom. The maximum absolute atomic E-state index is 12.9. The maximum Gasteiger partial charge on any atom is 0.141 e. The first-order valence-electron chi connectivity index (χ1n) is 5.78. The summed E-state index contributed by atoms with van der Waals surface area (Å²) in [4.78, 5) is 0. The normalized spacial score (nSPS) is 11.8. The zero-order valence-corrected chi connectivity index (χ0v) is 11.4. The Morgan fingerprint density at radius 2 is 2.06 bits per heavy atom. The number of rotatable bonds is 6. The van der Waals surface area contributed by atoms with Gasteiger partial charge in [0.25, 0.3) is 0 Å². The van der Waals surface area contributed by atoms with E-state index in [0.717, 1.165) is 25.1 Å². The van der Waals surface area contributed by atoms with Gasteiger partial charge in [0.15, 0.2) is 0 Å². The molecule has 0 aliphatic heterocycles. The SMILES string of the molecule is CNC(C)(C)CNCCc1ccc(F)c(Cl)c1. The van der Waals surface area contributed by atoms with Crippen LogP contribution in [0.2, 0.25) is 5.02 Å². The van der Waals surface area contributed by atoms with Crippen molar-refractivity contribution in [3.63, 3.8) is 0 Å². The predicted molar refractivity (Wildman–Crippen MR) is 71.1 cm³/mol. The third kappa shape index (κ3) is 5.02. The van der Waals surface area contributed by atoms with E-state index in [0.29, 0.717) is 0 Å². The highest BCUT2D eigenvalue weighted by Crippen LogP contribution is 2.16. The first-order valence-corrected chi connectivity index (χ1v) is 6.16. The van der Waals surface area contributed by atoms with Crippen LogP contribution >= 0.6 is 11.6 Å². The molecular formula is C13H20ClFN2. The van der Waals surface area contributed by atoms with Crippen molar-refractivity contribution in [3.8, 4) is 0 Å². The molecular weight excluding hydrogens is 239 g/mol. The minimum absolute atomic E-state index is 0.0838. The van der Waals surface area contributed by atoms with Gasteiger partial charge in [-0.1, -0.05) is 17.7 Å². The summed E-state index contributed by atoms with van der Waals surface area (Å²) in [6.07, 6.45) is 0.847. The van der Waals surface area contributed by atoms with Crippen LogP contribution in [-0.4, -0.2) is 25.7 Å². The van der Waals surface area contributed by atoms with Gasteiger partial charge in [0, 0.05) is 12.1 Å². The summed E-state index contributed by atoms with van der Waals surface area (Å²) in [7, 11) is 1.95. The largest absolute Gasteiger partial charge is 0.315 e. The first kappa shape index (κ1) is 14.4. The number of benzene rings is 1. The van der Waals surface area contributed by atoms with Crippen LogP contribution < -0.4 is 10.6 Å². The van der Waals surface area contributed by atoms with Crippen molar-refractivity contribution >= 4 is 11.6 Å². The second-order valence-corrected chi connectivity index (χ2v) is 5.22. The highest BCUT2D eigenvalue weighted by atomic mass is 35.5. The van der Waals surface area contributed by atoms with Crippen molar-refractivity contribution < 1.29 is 4.39 Å². The Hall–Kier alpha value is -0.640. The molecule has 0 spiro atoms. The fourth-order valence-electron chi connectivity index (χ4n) is 1.42. The summed E-state index contributed by atoms with van der Waals surface area (Å²) in [6, 6.07) is 4.86. The van der Waals surface area contributed by atoms with Crippen molar-refractivity contribution in [3.05, 3.63) is 34.6 Å². The zero-order chi connectivity index (χ0) is 12.9. The van der Waals surface area contributed by atoms with Gasteiger partial charge in [0.1, 0.15) is 5.82 Å². The Balaban J connectivity index is 2.34. The number of nitrogens with one attached hydrogen (secondary N) is 2. The van der Waals surface area contributed by atoms with Crippen molar-refractivity contribution in [1.29, 1.82) is 0 Å². The minimum atomic E-state index is -0.361. The highest BCUT2D eigenvalue weighted by Gasteiger charge is 2.12. The van der Waals surface area contributed by atoms with E-state index in [-0.39, 0.29) is 16.4 Å². The van der Waals surface area contributed by atoms with Gasteiger partial charge >= 0.3 is 0 Å². The van der Waals surface area contributed by atoms with Crippen LogP contribution in [-0.2, 0) is 6.42 Å². The van der Waals surface area contributed by atoms with E-state index in [1.165, 1.54) is 6.07 Å². The molecule has 0 unspecified atom stereocenters. The van der Waals surface area contributed by atoms with Crippen LogP contribution in [0, 0.1) is 5.82 Å². The van der Waals surface area contributed by atoms with Gasteiger partial charge in [-0.15, -0.1) is 0 Å². The fourth-order valence-corrected chi connectivity index (χ4v) is 1.62. The molecule has 1 aromatic rings. The van der Waals surface area contributed by atoms with E-state index < -0.39 is 0 Å². The van der Waals surface area contributed by atoms with Gasteiger partial charge in [-0.2, -0.15) is 0 Å². The molecule has 4 heteroatoms. The number of halogens is 2. The summed E-state index contributed by atoms with van der Waals surface area (Å²) < 4.78 is 12.9. The quantitative estimate of drug-likeness (QED) is 0.767. The average molecular weight is 259 g/mol. The minimum Gasteiger partial charge on any atom is -0.315 e. The lowest BCUT2D eigenvalue weighted by molar-refractivity contribution is 0.395. The Bertz CT molecular complexity index is 366. The van der Waals surface area contributed by atoms with Gasteiger partial charge in [-0.3, -0.25) is 0 Å². The van der Waals surface area contributed by atoms with Crippen molar-refractivity contribution in [2.45, 2.75) is 25.8 Å². The molecule has 2 N–H and O–H groups in total. The van der Waals surface area contributed by atoms with Crippen molar-refractivity contribution in [2.24, 2.45) is 0 Å². The molecule has 96 valence electrons. The van der Waals surface area contributed by atoms with E-state index in [1.807, 2.05) is 7.05 Å². The second-order valence-electron chi connectivity index (χ2n) is 4.81. The standard InChI is InChI=1S/C13H20ClFN2/c1-13(2,16-3)9-17-7-6-10-4-5-12(15)11(14)8-10/h4-5,8,16-17H,6-7,9H2,1-3H3. The zero-order valence-electron chi connectivity index (χ0n) is 10.6. The van der Waals surface area contributed by atoms with Crippen LogP contribution in [0.1, 0.15) is 19.4 Å². The summed E-state index contributed by atoms with van der Waals surface area (Å²) >= 11 is 5.72. The number of likely N-dealkylation sites (N-methyl/N-ethyl adjacent to an activating group) is 1. The van der Waals surface area contributed by atoms with Crippen LogP contribution in [0.25, 0.3) is 0 Å². The third-order valence-electron chi connectivity index (χ3n) is 2.82. The van der Waals surface area contributed by atoms with Crippen molar-refractivity contribution in [2.75, 3.05) is 20.1 Å². The molecule has 0 aliphatic carbocycles. The van der Waals surface area contributed by atoms with E-state index in [1.54, 1.807) is 12.1 Å². The molecule has 17 heavy (non-hydrogen) atoms. The lowest BCUT2D eigenvalue weighted by atomic mass is 10.1. The summed E-state index contributed by atoms with van der Waals surface area (Å²) in [5.41, 5.74) is 1.13. The molecule has 1 rings (SSSR count). The number of hydrogen-bond acceptors (Lipinski definition) is 2. The molecule has 0 atom stereocenters. The first-order chi connectivity index (χ1) is 7.94. The van der Waals surface area contributed by atoms with E-state index in [4.69, 9.17) is 11.6 Å². The highest BCUT2D eigenvalue weighted by molar-refractivity contribution is 6.30. The Labute approximate surface area is 108 Å². The molecule has 1 aromatic carbocycles. The molecule has 0 saturated carbocycles. The molecule has 0 aromatic heterocycles. The molecule has 0 fully saturated rings. The monoisotopic (exact) mass is 258 g/mol. The maximum atomic E-state index is 12.9. The Kier molecular flexibility index (Phi) is 5.37. The van der Waals surface area contributed by atoms with E-state index in [9.17, 15) is 4.39 Å². The molecule has 2 nitrogen and oxygen atoms in total. The third-order valence-corrected chi connectivity index (χ3v) is 3.11. The van der Waals surface area contributed by atoms with Gasteiger partial charge in [-0.25, -0.2) is 4.39 Å².